The molecular weight excluding hydrogens is 210 g/mol. The largest absolute Gasteiger partial charge is 0.416 e. The second-order valence-corrected chi connectivity index (χ2v) is 3.28. The van der Waals surface area contributed by atoms with Crippen molar-refractivity contribution in [3.05, 3.63) is 35.1 Å². The Bertz CT molecular complexity index is 346. The van der Waals surface area contributed by atoms with E-state index in [0.29, 0.717) is 6.07 Å². The normalized spacial score (nSPS) is 14.0. The van der Waals surface area contributed by atoms with Crippen molar-refractivity contribution >= 4 is 0 Å². The Balaban J connectivity index is 3.17. The quantitative estimate of drug-likeness (QED) is 0.756. The molecule has 1 nitrogen and oxygen atoms in total. The molecule has 0 radical (unpaired) electrons. The van der Waals surface area contributed by atoms with Crippen LogP contribution in [0.4, 0.5) is 17.6 Å². The van der Waals surface area contributed by atoms with Crippen LogP contribution < -0.4 is 5.32 Å². The van der Waals surface area contributed by atoms with Crippen molar-refractivity contribution in [3.63, 3.8) is 0 Å². The molecule has 0 saturated heterocycles. The van der Waals surface area contributed by atoms with Crippen molar-refractivity contribution in [1.29, 1.82) is 0 Å². The second-order valence-electron chi connectivity index (χ2n) is 3.28. The van der Waals surface area contributed by atoms with Crippen molar-refractivity contribution in [2.45, 2.75) is 19.1 Å². The number of hydrogen-bond acceptors (Lipinski definition) is 1. The highest BCUT2D eigenvalue weighted by molar-refractivity contribution is 5.28. The van der Waals surface area contributed by atoms with Crippen LogP contribution >= 0.6 is 0 Å². The van der Waals surface area contributed by atoms with E-state index in [9.17, 15) is 17.6 Å². The number of rotatable bonds is 2. The molecule has 0 saturated carbocycles. The standard InChI is InChI=1S/C10H11F4N/c1-6(15-2)7-3-8(10(12,13)14)5-9(11)4-7/h3-6,15H,1-2H3. The lowest BCUT2D eigenvalue weighted by molar-refractivity contribution is -0.137. The predicted octanol–water partition coefficient (Wildman–Crippen LogP) is 3.12. The molecule has 84 valence electrons. The Morgan fingerprint density at radius 2 is 1.80 bits per heavy atom. The van der Waals surface area contributed by atoms with Gasteiger partial charge in [-0.3, -0.25) is 0 Å². The Morgan fingerprint density at radius 1 is 1.20 bits per heavy atom. The minimum atomic E-state index is -4.51. The summed E-state index contributed by atoms with van der Waals surface area (Å²) in [6.45, 7) is 1.66. The number of halogens is 4. The van der Waals surface area contributed by atoms with Crippen molar-refractivity contribution in [3.8, 4) is 0 Å². The summed E-state index contributed by atoms with van der Waals surface area (Å²) in [5.41, 5.74) is -0.676. The Labute approximate surface area is 85.1 Å². The van der Waals surface area contributed by atoms with Gasteiger partial charge in [-0.15, -0.1) is 0 Å². The fraction of sp³-hybridized carbons (Fsp3) is 0.400. The molecule has 0 fully saturated rings. The lowest BCUT2D eigenvalue weighted by Gasteiger charge is -2.14. The lowest BCUT2D eigenvalue weighted by Crippen LogP contribution is -2.14. The highest BCUT2D eigenvalue weighted by Crippen LogP contribution is 2.31. The van der Waals surface area contributed by atoms with E-state index < -0.39 is 17.6 Å². The fourth-order valence-corrected chi connectivity index (χ4v) is 1.19. The number of hydrogen-bond donors (Lipinski definition) is 1. The number of benzene rings is 1. The summed E-state index contributed by atoms with van der Waals surface area (Å²) in [4.78, 5) is 0. The molecule has 0 aliphatic heterocycles. The monoisotopic (exact) mass is 221 g/mol. The van der Waals surface area contributed by atoms with E-state index in [-0.39, 0.29) is 11.6 Å². The molecule has 0 aliphatic carbocycles. The van der Waals surface area contributed by atoms with Gasteiger partial charge in [-0.1, -0.05) is 0 Å². The van der Waals surface area contributed by atoms with Crippen LogP contribution in [0.3, 0.4) is 0 Å². The molecular formula is C10H11F4N. The van der Waals surface area contributed by atoms with Crippen LogP contribution in [0.15, 0.2) is 18.2 Å². The first-order valence-electron chi connectivity index (χ1n) is 4.39. The molecule has 15 heavy (non-hydrogen) atoms. The van der Waals surface area contributed by atoms with Crippen LogP contribution in [-0.4, -0.2) is 7.05 Å². The van der Waals surface area contributed by atoms with Crippen LogP contribution in [0.2, 0.25) is 0 Å². The van der Waals surface area contributed by atoms with Gasteiger partial charge >= 0.3 is 6.18 Å². The molecule has 0 heterocycles. The van der Waals surface area contributed by atoms with Gasteiger partial charge in [0.1, 0.15) is 5.82 Å². The smallest absolute Gasteiger partial charge is 0.313 e. The number of nitrogens with one attached hydrogen (secondary N) is 1. The van der Waals surface area contributed by atoms with E-state index in [0.717, 1.165) is 12.1 Å². The predicted molar refractivity (Wildman–Crippen MR) is 48.9 cm³/mol. The molecule has 1 atom stereocenters. The molecule has 0 spiro atoms. The Morgan fingerprint density at radius 3 is 2.27 bits per heavy atom. The highest BCUT2D eigenvalue weighted by Gasteiger charge is 2.31. The van der Waals surface area contributed by atoms with Crippen LogP contribution in [-0.2, 0) is 6.18 Å². The third-order valence-corrected chi connectivity index (χ3v) is 2.18. The molecule has 1 rings (SSSR count). The summed E-state index contributed by atoms with van der Waals surface area (Å²) < 4.78 is 49.9. The summed E-state index contributed by atoms with van der Waals surface area (Å²) in [5, 5.41) is 2.75. The zero-order valence-corrected chi connectivity index (χ0v) is 8.32. The van der Waals surface area contributed by atoms with Gasteiger partial charge in [0.05, 0.1) is 5.56 Å². The van der Waals surface area contributed by atoms with Crippen molar-refractivity contribution in [2.24, 2.45) is 0 Å². The van der Waals surface area contributed by atoms with Gasteiger partial charge in [0, 0.05) is 6.04 Å². The van der Waals surface area contributed by atoms with E-state index >= 15 is 0 Å². The lowest BCUT2D eigenvalue weighted by atomic mass is 10.0. The van der Waals surface area contributed by atoms with E-state index in [1.165, 1.54) is 0 Å². The molecule has 1 aromatic carbocycles. The maximum Gasteiger partial charge on any atom is 0.416 e. The molecule has 0 aromatic heterocycles. The minimum absolute atomic E-state index is 0.282. The highest BCUT2D eigenvalue weighted by atomic mass is 19.4. The van der Waals surface area contributed by atoms with Gasteiger partial charge in [0.25, 0.3) is 0 Å². The third-order valence-electron chi connectivity index (χ3n) is 2.18. The molecule has 0 aliphatic rings. The first kappa shape index (κ1) is 12.0. The topological polar surface area (TPSA) is 12.0 Å². The van der Waals surface area contributed by atoms with Gasteiger partial charge in [-0.25, -0.2) is 4.39 Å². The Kier molecular flexibility index (Phi) is 3.34. The van der Waals surface area contributed by atoms with Crippen molar-refractivity contribution in [1.82, 2.24) is 5.32 Å². The van der Waals surface area contributed by atoms with Crippen LogP contribution in [0.1, 0.15) is 24.1 Å². The van der Waals surface area contributed by atoms with E-state index in [1.807, 2.05) is 0 Å². The second kappa shape index (κ2) is 4.18. The molecule has 5 heteroatoms. The van der Waals surface area contributed by atoms with Crippen molar-refractivity contribution < 1.29 is 17.6 Å². The molecule has 1 unspecified atom stereocenters. The maximum absolute atomic E-state index is 12.9. The average Bonchev–Trinajstić information content (AvgIpc) is 2.14. The van der Waals surface area contributed by atoms with Gasteiger partial charge in [0.15, 0.2) is 0 Å². The summed E-state index contributed by atoms with van der Waals surface area (Å²) in [6.07, 6.45) is -4.51. The van der Waals surface area contributed by atoms with Crippen LogP contribution in [0, 0.1) is 5.82 Å². The maximum atomic E-state index is 12.9. The van der Waals surface area contributed by atoms with Gasteiger partial charge < -0.3 is 5.32 Å². The van der Waals surface area contributed by atoms with E-state index in [4.69, 9.17) is 0 Å². The first-order chi connectivity index (χ1) is 6.84. The molecule has 1 aromatic rings. The average molecular weight is 221 g/mol. The SMILES string of the molecule is CNC(C)c1cc(F)cc(C(F)(F)F)c1. The number of alkyl halides is 3. The summed E-state index contributed by atoms with van der Waals surface area (Å²) >= 11 is 0. The molecule has 0 amide bonds. The molecule has 1 N–H and O–H groups in total. The molecule has 0 bridgehead atoms. The minimum Gasteiger partial charge on any atom is -0.313 e. The summed E-state index contributed by atoms with van der Waals surface area (Å²) in [6, 6.07) is 2.22. The first-order valence-corrected chi connectivity index (χ1v) is 4.39. The van der Waals surface area contributed by atoms with Gasteiger partial charge in [0.2, 0.25) is 0 Å². The Hall–Kier alpha value is -1.10. The van der Waals surface area contributed by atoms with E-state index in [1.54, 1.807) is 14.0 Å². The summed E-state index contributed by atoms with van der Waals surface area (Å²) in [7, 11) is 1.60. The zero-order valence-electron chi connectivity index (χ0n) is 8.32. The third kappa shape index (κ3) is 2.92. The van der Waals surface area contributed by atoms with Crippen LogP contribution in [0.25, 0.3) is 0 Å². The van der Waals surface area contributed by atoms with Crippen LogP contribution in [0.5, 0.6) is 0 Å². The van der Waals surface area contributed by atoms with Gasteiger partial charge in [-0.2, -0.15) is 13.2 Å². The fourth-order valence-electron chi connectivity index (χ4n) is 1.19. The zero-order chi connectivity index (χ0) is 11.6. The van der Waals surface area contributed by atoms with E-state index in [2.05, 4.69) is 5.32 Å². The van der Waals surface area contributed by atoms with Gasteiger partial charge in [-0.05, 0) is 37.7 Å². The summed E-state index contributed by atoms with van der Waals surface area (Å²) in [5.74, 6) is -0.873. The van der Waals surface area contributed by atoms with Crippen molar-refractivity contribution in [2.75, 3.05) is 7.05 Å².